The molecule has 0 atom stereocenters. The molecule has 0 aliphatic heterocycles. The highest BCUT2D eigenvalue weighted by atomic mass is 19.3. The van der Waals surface area contributed by atoms with E-state index in [1.807, 2.05) is 6.07 Å². The molecule has 0 aromatic heterocycles. The Kier molecular flexibility index (Phi) is 3.54. The summed E-state index contributed by atoms with van der Waals surface area (Å²) in [5.41, 5.74) is 6.97. The monoisotopic (exact) mass is 257 g/mol. The van der Waals surface area contributed by atoms with Gasteiger partial charge in [-0.3, -0.25) is 0 Å². The summed E-state index contributed by atoms with van der Waals surface area (Å²) in [6, 6.07) is 5.22. The van der Waals surface area contributed by atoms with Crippen LogP contribution in [0.4, 0.5) is 8.78 Å². The van der Waals surface area contributed by atoms with Crippen LogP contribution in [0, 0.1) is 6.92 Å². The smallest absolute Gasteiger partial charge is 0.387 e. The van der Waals surface area contributed by atoms with Crippen LogP contribution < -0.4 is 10.5 Å². The van der Waals surface area contributed by atoms with E-state index in [1.165, 1.54) is 0 Å². The van der Waals surface area contributed by atoms with Crippen LogP contribution >= 0.6 is 0 Å². The molecule has 5 heteroatoms. The zero-order chi connectivity index (χ0) is 13.3. The number of halogens is 2. The predicted molar refractivity (Wildman–Crippen MR) is 63.8 cm³/mol. The summed E-state index contributed by atoms with van der Waals surface area (Å²) in [4.78, 5) is 0. The first kappa shape index (κ1) is 13.2. The molecule has 0 bridgehead atoms. The lowest BCUT2D eigenvalue weighted by Crippen LogP contribution is -2.49. The Morgan fingerprint density at radius 2 is 2.17 bits per heavy atom. The van der Waals surface area contributed by atoms with Crippen LogP contribution in [-0.4, -0.2) is 24.4 Å². The number of aliphatic hydroxyl groups excluding tert-OH is 1. The molecule has 3 N–H and O–H groups in total. The Morgan fingerprint density at radius 1 is 1.50 bits per heavy atom. The van der Waals surface area contributed by atoms with E-state index in [9.17, 15) is 13.9 Å². The second kappa shape index (κ2) is 4.82. The molecule has 0 amide bonds. The van der Waals surface area contributed by atoms with Gasteiger partial charge in [0.2, 0.25) is 0 Å². The number of aryl methyl sites for hydroxylation is 1. The third-order valence-electron chi connectivity index (χ3n) is 3.66. The third kappa shape index (κ3) is 2.33. The van der Waals surface area contributed by atoms with Crippen molar-refractivity contribution in [3.05, 3.63) is 29.3 Å². The average molecular weight is 257 g/mol. The second-order valence-electron chi connectivity index (χ2n) is 4.91. The normalized spacial score (nSPS) is 27.1. The minimum Gasteiger partial charge on any atom is -0.435 e. The number of benzene rings is 1. The first-order valence-electron chi connectivity index (χ1n) is 5.91. The fourth-order valence-electron chi connectivity index (χ4n) is 2.52. The third-order valence-corrected chi connectivity index (χ3v) is 3.66. The van der Waals surface area contributed by atoms with Crippen molar-refractivity contribution in [2.75, 3.05) is 6.54 Å². The highest BCUT2D eigenvalue weighted by Crippen LogP contribution is 2.44. The molecular formula is C13H17F2NO2. The number of hydrogen-bond acceptors (Lipinski definition) is 3. The molecule has 0 heterocycles. The van der Waals surface area contributed by atoms with Crippen LogP contribution in [0.25, 0.3) is 0 Å². The van der Waals surface area contributed by atoms with Gasteiger partial charge in [0.05, 0.1) is 6.10 Å². The van der Waals surface area contributed by atoms with Crippen molar-refractivity contribution in [3.8, 4) is 5.75 Å². The van der Waals surface area contributed by atoms with Gasteiger partial charge >= 0.3 is 6.61 Å². The first-order chi connectivity index (χ1) is 8.47. The van der Waals surface area contributed by atoms with Crippen LogP contribution in [0.1, 0.15) is 24.0 Å². The van der Waals surface area contributed by atoms with Gasteiger partial charge in [-0.25, -0.2) is 0 Å². The number of hydrogen-bond donors (Lipinski definition) is 2. The fraction of sp³-hybridized carbons (Fsp3) is 0.538. The lowest BCUT2D eigenvalue weighted by Gasteiger charge is -2.45. The molecule has 0 saturated heterocycles. The minimum atomic E-state index is -2.83. The van der Waals surface area contributed by atoms with E-state index in [4.69, 9.17) is 5.73 Å². The van der Waals surface area contributed by atoms with Gasteiger partial charge in [-0.15, -0.1) is 0 Å². The van der Waals surface area contributed by atoms with Crippen molar-refractivity contribution < 1.29 is 18.6 Å². The molecular weight excluding hydrogens is 240 g/mol. The molecule has 1 fully saturated rings. The molecule has 1 saturated carbocycles. The highest BCUT2D eigenvalue weighted by molar-refractivity contribution is 5.41. The van der Waals surface area contributed by atoms with Gasteiger partial charge in [0.15, 0.2) is 0 Å². The highest BCUT2D eigenvalue weighted by Gasteiger charge is 2.44. The average Bonchev–Trinajstić information content (AvgIpc) is 2.27. The van der Waals surface area contributed by atoms with E-state index in [0.29, 0.717) is 24.9 Å². The van der Waals surface area contributed by atoms with Gasteiger partial charge in [-0.1, -0.05) is 12.1 Å². The SMILES string of the molecule is Cc1ccc(C2(CN)CC(O)C2)cc1OC(F)F. The van der Waals surface area contributed by atoms with Gasteiger partial charge in [-0.2, -0.15) is 8.78 Å². The summed E-state index contributed by atoms with van der Waals surface area (Å²) >= 11 is 0. The maximum Gasteiger partial charge on any atom is 0.387 e. The van der Waals surface area contributed by atoms with Crippen molar-refractivity contribution >= 4 is 0 Å². The lowest BCUT2D eigenvalue weighted by molar-refractivity contribution is -0.0506. The van der Waals surface area contributed by atoms with E-state index in [-0.39, 0.29) is 17.3 Å². The predicted octanol–water partition coefficient (Wildman–Crippen LogP) is 1.95. The van der Waals surface area contributed by atoms with Crippen LogP contribution in [-0.2, 0) is 5.41 Å². The summed E-state index contributed by atoms with van der Waals surface area (Å²) in [5, 5.41) is 9.44. The van der Waals surface area contributed by atoms with Crippen LogP contribution in [0.3, 0.4) is 0 Å². The van der Waals surface area contributed by atoms with Gasteiger partial charge in [-0.05, 0) is 37.0 Å². The van der Waals surface area contributed by atoms with Crippen LogP contribution in [0.5, 0.6) is 5.75 Å². The Bertz CT molecular complexity index is 431. The zero-order valence-electron chi connectivity index (χ0n) is 10.2. The minimum absolute atomic E-state index is 0.178. The number of alkyl halides is 2. The Balaban J connectivity index is 2.29. The number of aliphatic hydroxyl groups is 1. The standard InChI is InChI=1S/C13H17F2NO2/c1-8-2-3-9(4-11(8)18-12(14)15)13(7-16)5-10(17)6-13/h2-4,10,12,17H,5-7,16H2,1H3. The van der Waals surface area contributed by atoms with E-state index in [1.54, 1.807) is 19.1 Å². The molecule has 0 spiro atoms. The molecule has 18 heavy (non-hydrogen) atoms. The van der Waals surface area contributed by atoms with Crippen LogP contribution in [0.15, 0.2) is 18.2 Å². The van der Waals surface area contributed by atoms with E-state index < -0.39 is 6.61 Å². The second-order valence-corrected chi connectivity index (χ2v) is 4.91. The van der Waals surface area contributed by atoms with E-state index in [0.717, 1.165) is 5.56 Å². The first-order valence-corrected chi connectivity index (χ1v) is 5.91. The van der Waals surface area contributed by atoms with Gasteiger partial charge < -0.3 is 15.6 Å². The summed E-state index contributed by atoms with van der Waals surface area (Å²) < 4.78 is 29.0. The van der Waals surface area contributed by atoms with Gasteiger partial charge in [0.1, 0.15) is 5.75 Å². The molecule has 100 valence electrons. The van der Waals surface area contributed by atoms with Crippen LogP contribution in [0.2, 0.25) is 0 Å². The lowest BCUT2D eigenvalue weighted by atomic mass is 9.62. The fourth-order valence-corrected chi connectivity index (χ4v) is 2.52. The van der Waals surface area contributed by atoms with E-state index in [2.05, 4.69) is 4.74 Å². The molecule has 0 radical (unpaired) electrons. The summed E-state index contributed by atoms with van der Waals surface area (Å²) in [5.74, 6) is 0.178. The zero-order valence-corrected chi connectivity index (χ0v) is 10.2. The van der Waals surface area contributed by atoms with Crippen molar-refractivity contribution in [1.82, 2.24) is 0 Å². The van der Waals surface area contributed by atoms with Crippen molar-refractivity contribution in [3.63, 3.8) is 0 Å². The molecule has 1 aliphatic rings. The number of ether oxygens (including phenoxy) is 1. The molecule has 3 nitrogen and oxygen atoms in total. The number of rotatable bonds is 4. The van der Waals surface area contributed by atoms with Gasteiger partial charge in [0, 0.05) is 12.0 Å². The van der Waals surface area contributed by atoms with E-state index >= 15 is 0 Å². The Morgan fingerprint density at radius 3 is 2.67 bits per heavy atom. The quantitative estimate of drug-likeness (QED) is 0.866. The number of nitrogens with two attached hydrogens (primary N) is 1. The van der Waals surface area contributed by atoms with Crippen molar-refractivity contribution in [2.24, 2.45) is 5.73 Å². The van der Waals surface area contributed by atoms with Gasteiger partial charge in [0.25, 0.3) is 0 Å². The molecule has 1 aromatic rings. The maximum absolute atomic E-state index is 12.3. The van der Waals surface area contributed by atoms with Crippen molar-refractivity contribution in [1.29, 1.82) is 0 Å². The summed E-state index contributed by atoms with van der Waals surface area (Å²) in [6.45, 7) is -0.729. The topological polar surface area (TPSA) is 55.5 Å². The Labute approximate surface area is 105 Å². The summed E-state index contributed by atoms with van der Waals surface area (Å²) in [7, 11) is 0. The molecule has 1 aromatic carbocycles. The molecule has 2 rings (SSSR count). The van der Waals surface area contributed by atoms with Crippen molar-refractivity contribution in [2.45, 2.75) is 37.9 Å². The Hall–Kier alpha value is -1.20. The maximum atomic E-state index is 12.3. The molecule has 0 unspecified atom stereocenters. The molecule has 1 aliphatic carbocycles. The largest absolute Gasteiger partial charge is 0.435 e. The summed E-state index contributed by atoms with van der Waals surface area (Å²) in [6.07, 6.45) is 0.788.